The van der Waals surface area contributed by atoms with Gasteiger partial charge in [0.15, 0.2) is 0 Å². The summed E-state index contributed by atoms with van der Waals surface area (Å²) in [5.41, 5.74) is 0. The molecule has 1 aliphatic heterocycles. The van der Waals surface area contributed by atoms with Crippen LogP contribution in [0.4, 0.5) is 0 Å². The van der Waals surface area contributed by atoms with E-state index >= 15 is 0 Å². The Morgan fingerprint density at radius 2 is 2.29 bits per heavy atom. The Morgan fingerprint density at radius 3 is 2.93 bits per heavy atom. The molecule has 0 bridgehead atoms. The van der Waals surface area contributed by atoms with E-state index in [-0.39, 0.29) is 0 Å². The second-order valence-corrected chi connectivity index (χ2v) is 4.28. The lowest BCUT2D eigenvalue weighted by Crippen LogP contribution is -2.39. The van der Waals surface area contributed by atoms with Crippen molar-refractivity contribution in [3.8, 4) is 11.8 Å². The zero-order valence-corrected chi connectivity index (χ0v) is 9.64. The van der Waals surface area contributed by atoms with Crippen molar-refractivity contribution in [3.63, 3.8) is 0 Å². The van der Waals surface area contributed by atoms with Crippen LogP contribution in [-0.2, 0) is 0 Å². The Bertz CT molecular complexity index is 212. The van der Waals surface area contributed by atoms with Crippen molar-refractivity contribution in [1.29, 1.82) is 0 Å². The van der Waals surface area contributed by atoms with Gasteiger partial charge in [-0.05, 0) is 40.3 Å². The summed E-state index contributed by atoms with van der Waals surface area (Å²) in [4.78, 5) is 2.53. The summed E-state index contributed by atoms with van der Waals surface area (Å²) < 4.78 is 0. The van der Waals surface area contributed by atoms with Crippen LogP contribution in [0, 0.1) is 17.8 Å². The molecular formula is C12H22N2. The molecule has 0 amide bonds. The van der Waals surface area contributed by atoms with Gasteiger partial charge in [0.1, 0.15) is 0 Å². The Morgan fingerprint density at radius 1 is 1.50 bits per heavy atom. The third-order valence-electron chi connectivity index (χ3n) is 2.75. The summed E-state index contributed by atoms with van der Waals surface area (Å²) in [6.45, 7) is 7.77. The fourth-order valence-corrected chi connectivity index (χ4v) is 1.88. The quantitative estimate of drug-likeness (QED) is 0.667. The lowest BCUT2D eigenvalue weighted by molar-refractivity contribution is 0.161. The van der Waals surface area contributed by atoms with E-state index in [9.17, 15) is 0 Å². The zero-order chi connectivity index (χ0) is 10.4. The van der Waals surface area contributed by atoms with E-state index in [0.717, 1.165) is 13.1 Å². The van der Waals surface area contributed by atoms with Gasteiger partial charge in [-0.25, -0.2) is 0 Å². The molecule has 2 nitrogen and oxygen atoms in total. The zero-order valence-electron chi connectivity index (χ0n) is 9.64. The van der Waals surface area contributed by atoms with E-state index < -0.39 is 0 Å². The summed E-state index contributed by atoms with van der Waals surface area (Å²) in [6, 6.07) is 0.670. The summed E-state index contributed by atoms with van der Waals surface area (Å²) in [5, 5.41) is 3.05. The van der Waals surface area contributed by atoms with Gasteiger partial charge in [0.25, 0.3) is 0 Å². The smallest absolute Gasteiger partial charge is 0.0574 e. The number of piperidine rings is 1. The van der Waals surface area contributed by atoms with Gasteiger partial charge in [-0.2, -0.15) is 0 Å². The predicted molar refractivity (Wildman–Crippen MR) is 61.1 cm³/mol. The highest BCUT2D eigenvalue weighted by molar-refractivity contribution is 5.06. The lowest BCUT2D eigenvalue weighted by atomic mass is 9.97. The summed E-state index contributed by atoms with van der Waals surface area (Å²) in [5.74, 6) is 7.13. The number of hydrogen-bond donors (Lipinski definition) is 1. The van der Waals surface area contributed by atoms with Crippen LogP contribution in [-0.4, -0.2) is 37.6 Å². The average molecular weight is 194 g/mol. The molecule has 0 aliphatic carbocycles. The van der Waals surface area contributed by atoms with Crippen molar-refractivity contribution in [1.82, 2.24) is 10.2 Å². The lowest BCUT2D eigenvalue weighted by Gasteiger charge is -2.33. The Balaban J connectivity index is 2.37. The van der Waals surface area contributed by atoms with Crippen LogP contribution in [0.25, 0.3) is 0 Å². The highest BCUT2D eigenvalue weighted by atomic mass is 15.1. The molecule has 1 N–H and O–H groups in total. The SMILES string of the molecule is CNCC#CC1CCCN(C(C)C)C1. The molecule has 80 valence electrons. The van der Waals surface area contributed by atoms with Crippen molar-refractivity contribution in [2.45, 2.75) is 32.7 Å². The highest BCUT2D eigenvalue weighted by Crippen LogP contribution is 2.17. The number of rotatable bonds is 2. The Labute approximate surface area is 88.1 Å². The normalized spacial score (nSPS) is 23.3. The first kappa shape index (κ1) is 11.6. The summed E-state index contributed by atoms with van der Waals surface area (Å²) in [6.07, 6.45) is 2.58. The van der Waals surface area contributed by atoms with Crippen molar-refractivity contribution < 1.29 is 0 Å². The van der Waals surface area contributed by atoms with E-state index in [1.807, 2.05) is 7.05 Å². The largest absolute Gasteiger partial charge is 0.309 e. The number of hydrogen-bond acceptors (Lipinski definition) is 2. The molecular weight excluding hydrogens is 172 g/mol. The van der Waals surface area contributed by atoms with Gasteiger partial charge in [-0.3, -0.25) is 4.90 Å². The van der Waals surface area contributed by atoms with Crippen LogP contribution < -0.4 is 5.32 Å². The molecule has 1 atom stereocenters. The van der Waals surface area contributed by atoms with Gasteiger partial charge in [0.2, 0.25) is 0 Å². The Hall–Kier alpha value is -0.520. The molecule has 1 aliphatic rings. The van der Waals surface area contributed by atoms with Gasteiger partial charge in [0, 0.05) is 18.5 Å². The van der Waals surface area contributed by atoms with Crippen molar-refractivity contribution >= 4 is 0 Å². The molecule has 0 saturated carbocycles. The molecule has 0 spiro atoms. The molecule has 0 aromatic heterocycles. The third-order valence-corrected chi connectivity index (χ3v) is 2.75. The molecule has 14 heavy (non-hydrogen) atoms. The summed E-state index contributed by atoms with van der Waals surface area (Å²) >= 11 is 0. The fourth-order valence-electron chi connectivity index (χ4n) is 1.88. The topological polar surface area (TPSA) is 15.3 Å². The van der Waals surface area contributed by atoms with E-state index in [1.54, 1.807) is 0 Å². The van der Waals surface area contributed by atoms with Crippen LogP contribution in [0.3, 0.4) is 0 Å². The van der Waals surface area contributed by atoms with Gasteiger partial charge >= 0.3 is 0 Å². The molecule has 0 aromatic rings. The molecule has 2 heteroatoms. The predicted octanol–water partition coefficient (Wildman–Crippen LogP) is 1.33. The maximum atomic E-state index is 3.35. The van der Waals surface area contributed by atoms with Gasteiger partial charge < -0.3 is 5.32 Å². The van der Waals surface area contributed by atoms with Crippen LogP contribution in [0.15, 0.2) is 0 Å². The molecule has 0 aromatic carbocycles. The standard InChI is InChI=1S/C12H22N2/c1-11(2)14-9-5-7-12(10-14)6-4-8-13-3/h11-13H,5,7-10H2,1-3H3. The van der Waals surface area contributed by atoms with Gasteiger partial charge in [-0.1, -0.05) is 11.8 Å². The number of nitrogens with zero attached hydrogens (tertiary/aromatic N) is 1. The van der Waals surface area contributed by atoms with Crippen LogP contribution in [0.5, 0.6) is 0 Å². The van der Waals surface area contributed by atoms with Crippen molar-refractivity contribution in [2.75, 3.05) is 26.7 Å². The maximum absolute atomic E-state index is 3.35. The minimum Gasteiger partial charge on any atom is -0.309 e. The first-order chi connectivity index (χ1) is 6.74. The summed E-state index contributed by atoms with van der Waals surface area (Å²) in [7, 11) is 1.94. The minimum atomic E-state index is 0.597. The molecule has 0 radical (unpaired) electrons. The maximum Gasteiger partial charge on any atom is 0.0574 e. The van der Waals surface area contributed by atoms with Crippen LogP contribution in [0.2, 0.25) is 0 Å². The number of nitrogens with one attached hydrogen (secondary N) is 1. The van der Waals surface area contributed by atoms with E-state index in [2.05, 4.69) is 35.9 Å². The van der Waals surface area contributed by atoms with E-state index in [1.165, 1.54) is 19.4 Å². The first-order valence-corrected chi connectivity index (χ1v) is 5.61. The molecule has 1 unspecified atom stereocenters. The van der Waals surface area contributed by atoms with Crippen LogP contribution in [0.1, 0.15) is 26.7 Å². The van der Waals surface area contributed by atoms with Crippen molar-refractivity contribution in [3.05, 3.63) is 0 Å². The first-order valence-electron chi connectivity index (χ1n) is 5.61. The Kier molecular flexibility index (Phi) is 5.00. The third kappa shape index (κ3) is 3.69. The molecule has 1 heterocycles. The minimum absolute atomic E-state index is 0.597. The average Bonchev–Trinajstić information content (AvgIpc) is 2.19. The fraction of sp³-hybridized carbons (Fsp3) is 0.833. The molecule has 1 saturated heterocycles. The van der Waals surface area contributed by atoms with Crippen LogP contribution >= 0.6 is 0 Å². The molecule has 1 rings (SSSR count). The second kappa shape index (κ2) is 6.06. The van der Waals surface area contributed by atoms with E-state index in [0.29, 0.717) is 12.0 Å². The van der Waals surface area contributed by atoms with Gasteiger partial charge in [-0.15, -0.1) is 0 Å². The van der Waals surface area contributed by atoms with E-state index in [4.69, 9.17) is 0 Å². The van der Waals surface area contributed by atoms with Crippen molar-refractivity contribution in [2.24, 2.45) is 5.92 Å². The molecule has 1 fully saturated rings. The number of likely N-dealkylation sites (tertiary alicyclic amines) is 1. The monoisotopic (exact) mass is 194 g/mol. The highest BCUT2D eigenvalue weighted by Gasteiger charge is 2.19. The second-order valence-electron chi connectivity index (χ2n) is 4.28. The van der Waals surface area contributed by atoms with Gasteiger partial charge in [0.05, 0.1) is 6.54 Å².